The zero-order valence-electron chi connectivity index (χ0n) is 23.7. The number of carbonyl (C=O) groups is 2. The first-order chi connectivity index (χ1) is 20.0. The number of esters is 1. The molecule has 42 heavy (non-hydrogen) atoms. The molecule has 4 aromatic rings. The largest absolute Gasteiger partial charge is 0.461 e. The van der Waals surface area contributed by atoms with Crippen molar-refractivity contribution in [3.8, 4) is 5.69 Å². The number of hydrogen-bond donors (Lipinski definition) is 2. The first-order valence-electron chi connectivity index (χ1n) is 13.5. The van der Waals surface area contributed by atoms with Gasteiger partial charge in [-0.25, -0.2) is 14.2 Å². The quantitative estimate of drug-likeness (QED) is 0.257. The number of ether oxygens (including phenoxy) is 1. The number of carbonyl (C=O) groups excluding carboxylic acids is 2. The molecule has 0 aliphatic rings. The topological polar surface area (TPSA) is 111 Å². The van der Waals surface area contributed by atoms with E-state index in [0.29, 0.717) is 35.1 Å². The van der Waals surface area contributed by atoms with Crippen molar-refractivity contribution in [2.45, 2.75) is 45.4 Å². The Morgan fingerprint density at radius 2 is 1.62 bits per heavy atom. The second-order valence-corrected chi connectivity index (χ2v) is 10.8. The van der Waals surface area contributed by atoms with Crippen molar-refractivity contribution in [1.82, 2.24) is 19.8 Å². The van der Waals surface area contributed by atoms with Gasteiger partial charge in [-0.1, -0.05) is 54.4 Å². The van der Waals surface area contributed by atoms with Crippen LogP contribution < -0.4 is 21.9 Å². The Morgan fingerprint density at radius 1 is 0.976 bits per heavy atom. The molecule has 0 aliphatic heterocycles. The molecule has 0 saturated heterocycles. The zero-order valence-corrected chi connectivity index (χ0v) is 25.3. The molecule has 0 bridgehead atoms. The average Bonchev–Trinajstić information content (AvgIpc) is 2.96. The van der Waals surface area contributed by atoms with E-state index < -0.39 is 29.2 Å². The Bertz CT molecular complexity index is 1730. The molecule has 2 N–H and O–H groups in total. The predicted molar refractivity (Wildman–Crippen MR) is 165 cm³/mol. The molecule has 0 radical (unpaired) electrons. The molecule has 0 fully saturated rings. The SMILES string of the molecule is CCC(C)OC(=O)[C@H](Cc1ccc(-n2c(=O)c3cc(CNC)ccc3n(C)c2=O)cc1)NC(=O)c1c(Cl)cccc1Cl. The molecule has 1 unspecified atom stereocenters. The summed E-state index contributed by atoms with van der Waals surface area (Å²) in [4.78, 5) is 52.8. The maximum absolute atomic E-state index is 13.5. The van der Waals surface area contributed by atoms with Crippen LogP contribution >= 0.6 is 23.2 Å². The van der Waals surface area contributed by atoms with E-state index in [4.69, 9.17) is 27.9 Å². The van der Waals surface area contributed by atoms with Crippen molar-refractivity contribution in [2.24, 2.45) is 7.05 Å². The second kappa shape index (κ2) is 13.4. The van der Waals surface area contributed by atoms with E-state index >= 15 is 0 Å². The van der Waals surface area contributed by atoms with Crippen molar-refractivity contribution in [3.63, 3.8) is 0 Å². The van der Waals surface area contributed by atoms with Crippen molar-refractivity contribution in [3.05, 3.63) is 108 Å². The highest BCUT2D eigenvalue weighted by Crippen LogP contribution is 2.24. The van der Waals surface area contributed by atoms with Crippen LogP contribution in [0.2, 0.25) is 10.0 Å². The molecular weight excluding hydrogens is 579 g/mol. The summed E-state index contributed by atoms with van der Waals surface area (Å²) in [6, 6.07) is 15.7. The second-order valence-electron chi connectivity index (χ2n) is 10.0. The number of nitrogens with one attached hydrogen (secondary N) is 2. The standard InChI is InChI=1S/C31H32Cl2N4O5/c1-5-18(2)42-30(40)25(35-28(38)27-23(32)7-6-8-24(27)33)16-19-9-12-21(13-10-19)37-29(39)22-15-20(17-34-3)11-14-26(22)36(4)31(37)41/h6-15,18,25,34H,5,16-17H2,1-4H3,(H,35,38)/t18?,25-/m0/s1. The van der Waals surface area contributed by atoms with Crippen LogP contribution in [0.25, 0.3) is 16.6 Å². The number of amides is 1. The maximum atomic E-state index is 13.5. The molecule has 4 rings (SSSR count). The summed E-state index contributed by atoms with van der Waals surface area (Å²) in [6.45, 7) is 4.22. The van der Waals surface area contributed by atoms with Crippen LogP contribution in [0, 0.1) is 0 Å². The highest BCUT2D eigenvalue weighted by molar-refractivity contribution is 6.39. The molecule has 2 atom stereocenters. The third-order valence-corrected chi connectivity index (χ3v) is 7.65. The van der Waals surface area contributed by atoms with Crippen LogP contribution in [-0.4, -0.2) is 40.2 Å². The Labute approximate surface area is 253 Å². The highest BCUT2D eigenvalue weighted by Gasteiger charge is 2.27. The molecular formula is C31H32Cl2N4O5. The summed E-state index contributed by atoms with van der Waals surface area (Å²) in [5.74, 6) is -1.22. The van der Waals surface area contributed by atoms with Gasteiger partial charge in [-0.05, 0) is 67.9 Å². The molecule has 220 valence electrons. The molecule has 1 heterocycles. The molecule has 1 amide bonds. The summed E-state index contributed by atoms with van der Waals surface area (Å²) < 4.78 is 8.07. The lowest BCUT2D eigenvalue weighted by Crippen LogP contribution is -2.44. The van der Waals surface area contributed by atoms with Gasteiger partial charge in [0, 0.05) is 20.0 Å². The lowest BCUT2D eigenvalue weighted by molar-refractivity contribution is -0.150. The Balaban J connectivity index is 1.66. The van der Waals surface area contributed by atoms with Gasteiger partial charge in [0.15, 0.2) is 0 Å². The summed E-state index contributed by atoms with van der Waals surface area (Å²) >= 11 is 12.4. The Hall–Kier alpha value is -3.92. The van der Waals surface area contributed by atoms with Crippen LogP contribution in [-0.2, 0) is 29.5 Å². The van der Waals surface area contributed by atoms with Gasteiger partial charge in [-0.2, -0.15) is 0 Å². The van der Waals surface area contributed by atoms with Gasteiger partial charge in [0.2, 0.25) is 0 Å². The number of aromatic nitrogens is 2. The van der Waals surface area contributed by atoms with Crippen LogP contribution in [0.5, 0.6) is 0 Å². The van der Waals surface area contributed by atoms with E-state index in [0.717, 1.165) is 10.1 Å². The summed E-state index contributed by atoms with van der Waals surface area (Å²) in [5.41, 5.74) is 1.63. The fourth-order valence-electron chi connectivity index (χ4n) is 4.57. The van der Waals surface area contributed by atoms with Gasteiger partial charge < -0.3 is 15.4 Å². The van der Waals surface area contributed by atoms with Crippen LogP contribution in [0.15, 0.2) is 70.3 Å². The van der Waals surface area contributed by atoms with Gasteiger partial charge >= 0.3 is 11.7 Å². The van der Waals surface area contributed by atoms with E-state index in [9.17, 15) is 19.2 Å². The van der Waals surface area contributed by atoms with Crippen molar-refractivity contribution < 1.29 is 14.3 Å². The van der Waals surface area contributed by atoms with Crippen LogP contribution in [0.1, 0.15) is 41.8 Å². The monoisotopic (exact) mass is 610 g/mol. The lowest BCUT2D eigenvalue weighted by atomic mass is 10.0. The van der Waals surface area contributed by atoms with Crippen molar-refractivity contribution >= 4 is 46.0 Å². The Morgan fingerprint density at radius 3 is 2.24 bits per heavy atom. The van der Waals surface area contributed by atoms with Gasteiger partial charge in [0.25, 0.3) is 11.5 Å². The number of benzene rings is 3. The van der Waals surface area contributed by atoms with Crippen LogP contribution in [0.3, 0.4) is 0 Å². The fraction of sp³-hybridized carbons (Fsp3) is 0.290. The minimum atomic E-state index is -1.05. The molecule has 3 aromatic carbocycles. The minimum Gasteiger partial charge on any atom is -0.461 e. The number of hydrogen-bond acceptors (Lipinski definition) is 6. The lowest BCUT2D eigenvalue weighted by Gasteiger charge is -2.21. The maximum Gasteiger partial charge on any atom is 0.335 e. The number of fused-ring (bicyclic) bond motifs is 1. The van der Waals surface area contributed by atoms with E-state index in [1.165, 1.54) is 16.7 Å². The third-order valence-electron chi connectivity index (χ3n) is 7.02. The van der Waals surface area contributed by atoms with Gasteiger partial charge in [0.05, 0.1) is 38.3 Å². The first kappa shape index (κ1) is 31.0. The normalized spacial score (nSPS) is 12.6. The minimum absolute atomic E-state index is 0.0573. The smallest absolute Gasteiger partial charge is 0.335 e. The molecule has 0 saturated carbocycles. The fourth-order valence-corrected chi connectivity index (χ4v) is 5.14. The predicted octanol–water partition coefficient (Wildman–Crippen LogP) is 4.40. The number of rotatable bonds is 10. The third kappa shape index (κ3) is 6.59. The molecule has 0 spiro atoms. The van der Waals surface area contributed by atoms with Gasteiger partial charge in [-0.3, -0.25) is 14.2 Å². The van der Waals surface area contributed by atoms with E-state index in [2.05, 4.69) is 10.6 Å². The molecule has 0 aliphatic carbocycles. The molecule has 1 aromatic heterocycles. The van der Waals surface area contributed by atoms with E-state index in [1.807, 2.05) is 20.0 Å². The summed E-state index contributed by atoms with van der Waals surface area (Å²) in [6.07, 6.45) is 0.331. The number of halogens is 2. The molecule has 9 nitrogen and oxygen atoms in total. The molecule has 11 heteroatoms. The van der Waals surface area contributed by atoms with E-state index in [-0.39, 0.29) is 28.1 Å². The highest BCUT2D eigenvalue weighted by atomic mass is 35.5. The number of nitrogens with zero attached hydrogens (tertiary/aromatic N) is 2. The zero-order chi connectivity index (χ0) is 30.6. The first-order valence-corrected chi connectivity index (χ1v) is 14.2. The Kier molecular flexibility index (Phi) is 9.88. The van der Waals surface area contributed by atoms with Gasteiger partial charge in [-0.15, -0.1) is 0 Å². The van der Waals surface area contributed by atoms with E-state index in [1.54, 1.807) is 56.4 Å². The number of aryl methyl sites for hydroxylation is 1. The van der Waals surface area contributed by atoms with Crippen LogP contribution in [0.4, 0.5) is 0 Å². The summed E-state index contributed by atoms with van der Waals surface area (Å²) in [7, 11) is 3.44. The summed E-state index contributed by atoms with van der Waals surface area (Å²) in [5, 5.41) is 6.49. The van der Waals surface area contributed by atoms with Gasteiger partial charge in [0.1, 0.15) is 6.04 Å². The van der Waals surface area contributed by atoms with Crippen molar-refractivity contribution in [2.75, 3.05) is 7.05 Å². The average molecular weight is 612 g/mol. The van der Waals surface area contributed by atoms with Crippen molar-refractivity contribution in [1.29, 1.82) is 0 Å².